The van der Waals surface area contributed by atoms with Crippen molar-refractivity contribution in [1.29, 1.82) is 0 Å². The molecule has 0 unspecified atom stereocenters. The van der Waals surface area contributed by atoms with E-state index in [2.05, 4.69) is 55.1 Å². The van der Waals surface area contributed by atoms with Gasteiger partial charge in [0.05, 0.1) is 5.41 Å². The summed E-state index contributed by atoms with van der Waals surface area (Å²) in [5.41, 5.74) is 3.57. The van der Waals surface area contributed by atoms with Crippen molar-refractivity contribution >= 4 is 11.5 Å². The molecular formula is C24H30NO+. The van der Waals surface area contributed by atoms with E-state index in [9.17, 15) is 4.79 Å². The maximum atomic E-state index is 12.0. The van der Waals surface area contributed by atoms with Gasteiger partial charge in [-0.1, -0.05) is 18.6 Å². The molecule has 0 saturated heterocycles. The van der Waals surface area contributed by atoms with Crippen LogP contribution in [0.5, 0.6) is 0 Å². The van der Waals surface area contributed by atoms with Gasteiger partial charge in [-0.25, -0.2) is 0 Å². The molecule has 2 nitrogen and oxygen atoms in total. The first-order chi connectivity index (χ1) is 12.5. The lowest BCUT2D eigenvalue weighted by molar-refractivity contribution is -0.590. The molecule has 0 aromatic carbocycles. The Bertz CT molecular complexity index is 807. The molecule has 26 heavy (non-hydrogen) atoms. The van der Waals surface area contributed by atoms with E-state index in [0.29, 0.717) is 11.2 Å². The average Bonchev–Trinajstić information content (AvgIpc) is 3.00. The van der Waals surface area contributed by atoms with Crippen LogP contribution in [0.25, 0.3) is 5.70 Å². The standard InChI is InChI=1S/C24H30NO/c1-23-12-10-18(26)16-17(23)6-7-19-20-8-9-22(25-14-4-3-5-15-25)24(20,2)13-11-21(19)23/h3-5,9,14-16,19-21H,6-8,10-13H2,1-2H3/q+1/t19-,20-,21-,23-,24-/m0/s1. The minimum atomic E-state index is 0.279. The molecule has 0 N–H and O–H groups in total. The summed E-state index contributed by atoms with van der Waals surface area (Å²) in [5.74, 6) is 2.70. The van der Waals surface area contributed by atoms with Gasteiger partial charge in [0.25, 0.3) is 0 Å². The molecule has 0 amide bonds. The van der Waals surface area contributed by atoms with E-state index < -0.39 is 0 Å². The summed E-state index contributed by atoms with van der Waals surface area (Å²) in [6.07, 6.45) is 17.0. The smallest absolute Gasteiger partial charge is 0.189 e. The molecular weight excluding hydrogens is 318 g/mol. The Labute approximate surface area is 157 Å². The van der Waals surface area contributed by atoms with Crippen LogP contribution >= 0.6 is 0 Å². The largest absolute Gasteiger partial charge is 0.295 e. The van der Waals surface area contributed by atoms with Crippen molar-refractivity contribution in [1.82, 2.24) is 0 Å². The summed E-state index contributed by atoms with van der Waals surface area (Å²) in [7, 11) is 0. The Kier molecular flexibility index (Phi) is 3.58. The number of hydrogen-bond acceptors (Lipinski definition) is 1. The van der Waals surface area contributed by atoms with Gasteiger partial charge in [0.2, 0.25) is 0 Å². The molecule has 2 heteroatoms. The second-order valence-electron chi connectivity index (χ2n) is 9.53. The lowest BCUT2D eigenvalue weighted by atomic mass is 9.47. The number of aromatic nitrogens is 1. The molecule has 5 atom stereocenters. The molecule has 4 aliphatic rings. The van der Waals surface area contributed by atoms with Crippen LogP contribution < -0.4 is 4.57 Å². The minimum absolute atomic E-state index is 0.279. The van der Waals surface area contributed by atoms with Crippen molar-refractivity contribution < 1.29 is 9.36 Å². The molecule has 1 heterocycles. The number of pyridine rings is 1. The number of hydrogen-bond donors (Lipinski definition) is 0. The Morgan fingerprint density at radius 2 is 1.77 bits per heavy atom. The van der Waals surface area contributed by atoms with Gasteiger partial charge in [0.1, 0.15) is 0 Å². The van der Waals surface area contributed by atoms with Gasteiger partial charge in [-0.2, -0.15) is 4.57 Å². The van der Waals surface area contributed by atoms with Crippen molar-refractivity contribution in [3.8, 4) is 0 Å². The molecule has 0 spiro atoms. The highest BCUT2D eigenvalue weighted by molar-refractivity contribution is 5.91. The van der Waals surface area contributed by atoms with E-state index in [1.165, 1.54) is 37.0 Å². The third-order valence-corrected chi connectivity index (χ3v) is 8.50. The fourth-order valence-corrected chi connectivity index (χ4v) is 7.06. The zero-order valence-corrected chi connectivity index (χ0v) is 16.1. The first-order valence-electron chi connectivity index (χ1n) is 10.4. The van der Waals surface area contributed by atoms with Crippen LogP contribution in [-0.4, -0.2) is 5.78 Å². The predicted octanol–water partition coefficient (Wildman–Crippen LogP) is 4.96. The van der Waals surface area contributed by atoms with Crippen LogP contribution in [0.3, 0.4) is 0 Å². The van der Waals surface area contributed by atoms with Gasteiger partial charge >= 0.3 is 0 Å². The second kappa shape index (κ2) is 5.65. The molecule has 0 bridgehead atoms. The zero-order valence-electron chi connectivity index (χ0n) is 16.1. The van der Waals surface area contributed by atoms with Crippen molar-refractivity contribution in [3.63, 3.8) is 0 Å². The van der Waals surface area contributed by atoms with Gasteiger partial charge in [0.15, 0.2) is 23.9 Å². The Morgan fingerprint density at radius 3 is 2.58 bits per heavy atom. The van der Waals surface area contributed by atoms with Crippen molar-refractivity contribution in [2.45, 2.75) is 58.8 Å². The molecule has 0 aliphatic heterocycles. The Hall–Kier alpha value is -1.70. The summed E-state index contributed by atoms with van der Waals surface area (Å²) < 4.78 is 2.36. The average molecular weight is 349 g/mol. The molecule has 1 aromatic heterocycles. The Morgan fingerprint density at radius 1 is 0.962 bits per heavy atom. The van der Waals surface area contributed by atoms with E-state index in [-0.39, 0.29) is 5.41 Å². The summed E-state index contributed by atoms with van der Waals surface area (Å²) in [4.78, 5) is 12.0. The van der Waals surface area contributed by atoms with Gasteiger partial charge in [-0.3, -0.25) is 4.79 Å². The fraction of sp³-hybridized carbons (Fsp3) is 0.583. The number of carbonyl (C=O) groups excluding carboxylic acids is 1. The quantitative estimate of drug-likeness (QED) is 0.657. The number of nitrogens with zero attached hydrogens (tertiary/aromatic N) is 1. The van der Waals surface area contributed by atoms with Crippen LogP contribution in [0.2, 0.25) is 0 Å². The van der Waals surface area contributed by atoms with Crippen molar-refractivity contribution in [3.05, 3.63) is 48.3 Å². The second-order valence-corrected chi connectivity index (χ2v) is 9.53. The van der Waals surface area contributed by atoms with E-state index in [1.54, 1.807) is 0 Å². The third kappa shape index (κ3) is 2.17. The normalized spacial score (nSPS) is 41.6. The topological polar surface area (TPSA) is 20.9 Å². The summed E-state index contributed by atoms with van der Waals surface area (Å²) in [5, 5.41) is 0. The summed E-state index contributed by atoms with van der Waals surface area (Å²) in [6, 6.07) is 6.38. The first kappa shape index (κ1) is 16.5. The molecule has 2 fully saturated rings. The van der Waals surface area contributed by atoms with Crippen molar-refractivity contribution in [2.24, 2.45) is 28.6 Å². The van der Waals surface area contributed by atoms with Gasteiger partial charge in [-0.05, 0) is 80.8 Å². The van der Waals surface area contributed by atoms with Gasteiger partial charge in [-0.15, -0.1) is 0 Å². The Balaban J connectivity index is 1.48. The minimum Gasteiger partial charge on any atom is -0.295 e. The van der Waals surface area contributed by atoms with Gasteiger partial charge in [0, 0.05) is 18.6 Å². The third-order valence-electron chi connectivity index (χ3n) is 8.50. The molecule has 136 valence electrons. The summed E-state index contributed by atoms with van der Waals surface area (Å²) >= 11 is 0. The van der Waals surface area contributed by atoms with Crippen LogP contribution in [0.1, 0.15) is 58.8 Å². The maximum Gasteiger partial charge on any atom is 0.189 e. The van der Waals surface area contributed by atoms with Crippen LogP contribution in [0.4, 0.5) is 0 Å². The monoisotopic (exact) mass is 348 g/mol. The highest BCUT2D eigenvalue weighted by atomic mass is 16.1. The van der Waals surface area contributed by atoms with E-state index in [4.69, 9.17) is 0 Å². The number of rotatable bonds is 1. The van der Waals surface area contributed by atoms with Crippen LogP contribution in [0.15, 0.2) is 48.3 Å². The molecule has 0 radical (unpaired) electrons. The number of allylic oxidation sites excluding steroid dienone is 4. The van der Waals surface area contributed by atoms with Gasteiger partial charge < -0.3 is 0 Å². The molecule has 4 aliphatic carbocycles. The first-order valence-corrected chi connectivity index (χ1v) is 10.4. The SMILES string of the molecule is C[C@]12CCC(=O)C=C1CC[C@@H]1[C@@H]2CC[C@]2(C)C([n+]3ccccc3)=CC[C@@H]12. The highest BCUT2D eigenvalue weighted by Crippen LogP contribution is 2.65. The predicted molar refractivity (Wildman–Crippen MR) is 103 cm³/mol. The number of fused-ring (bicyclic) bond motifs is 5. The molecule has 5 rings (SSSR count). The molecule has 1 aromatic rings. The zero-order chi connectivity index (χ0) is 17.9. The number of ketones is 1. The highest BCUT2D eigenvalue weighted by Gasteiger charge is 2.59. The lowest BCUT2D eigenvalue weighted by Crippen LogP contribution is -2.52. The summed E-state index contributed by atoms with van der Waals surface area (Å²) in [6.45, 7) is 4.99. The lowest BCUT2D eigenvalue weighted by Gasteiger charge is -2.57. The van der Waals surface area contributed by atoms with E-state index >= 15 is 0 Å². The fourth-order valence-electron chi connectivity index (χ4n) is 7.06. The van der Waals surface area contributed by atoms with Crippen LogP contribution in [-0.2, 0) is 4.79 Å². The maximum absolute atomic E-state index is 12.0. The van der Waals surface area contributed by atoms with E-state index in [1.807, 2.05) is 6.08 Å². The van der Waals surface area contributed by atoms with Crippen molar-refractivity contribution in [2.75, 3.05) is 0 Å². The van der Waals surface area contributed by atoms with Crippen LogP contribution in [0, 0.1) is 28.6 Å². The molecule has 2 saturated carbocycles. The van der Waals surface area contributed by atoms with E-state index in [0.717, 1.165) is 37.0 Å². The number of carbonyl (C=O) groups is 1.